The number of nitrogens with zero attached hydrogens (tertiary/aromatic N) is 2. The number of imide groups is 2. The van der Waals surface area contributed by atoms with Crippen LogP contribution in [0.5, 0.6) is 0 Å². The molecule has 10 nitrogen and oxygen atoms in total. The molecule has 2 aromatic carbocycles. The molecule has 11 rings (SSSR count). The Morgan fingerprint density at radius 3 is 1.36 bits per heavy atom. The minimum Gasteiger partial charge on any atom is -0.366 e. The number of piperidine rings is 2. The highest BCUT2D eigenvalue weighted by Gasteiger charge is 2.40. The van der Waals surface area contributed by atoms with Crippen molar-refractivity contribution in [2.24, 2.45) is 11.8 Å². The highest BCUT2D eigenvalue weighted by Crippen LogP contribution is 2.40. The lowest BCUT2D eigenvalue weighted by Crippen LogP contribution is -2.37. The quantitative estimate of drug-likeness (QED) is 0.191. The van der Waals surface area contributed by atoms with Crippen LogP contribution in [-0.4, -0.2) is 69.6 Å². The van der Waals surface area contributed by atoms with Gasteiger partial charge in [-0.3, -0.25) is 29.8 Å². The Hall–Kier alpha value is -5.12. The van der Waals surface area contributed by atoms with Gasteiger partial charge in [0.25, 0.3) is 23.6 Å². The van der Waals surface area contributed by atoms with Crippen molar-refractivity contribution in [3.05, 3.63) is 82.4 Å². The third-order valence-electron chi connectivity index (χ3n) is 11.8. The van der Waals surface area contributed by atoms with E-state index in [1.165, 1.54) is 0 Å². The molecule has 2 aromatic heterocycles. The molecule has 7 aliphatic rings. The van der Waals surface area contributed by atoms with E-state index < -0.39 is 0 Å². The first-order valence-corrected chi connectivity index (χ1v) is 18.3. The molecule has 2 fully saturated rings. The second kappa shape index (κ2) is 12.3. The molecule has 4 bridgehead atoms. The number of benzene rings is 2. The number of carbonyl (C=O) groups excluding carboxylic acids is 4. The van der Waals surface area contributed by atoms with E-state index in [1.54, 1.807) is 0 Å². The molecule has 4 amide bonds. The Morgan fingerprint density at radius 1 is 0.500 bits per heavy atom. The predicted molar refractivity (Wildman–Crippen MR) is 191 cm³/mol. The molecule has 4 aromatic rings. The summed E-state index contributed by atoms with van der Waals surface area (Å²) in [6, 6.07) is 15.9. The average molecular weight is 671 g/mol. The van der Waals surface area contributed by atoms with Crippen LogP contribution in [0.25, 0.3) is 33.0 Å². The zero-order valence-electron chi connectivity index (χ0n) is 28.2. The lowest BCUT2D eigenvalue weighted by Gasteiger charge is -2.35. The molecule has 0 radical (unpaired) electrons. The zero-order chi connectivity index (χ0) is 33.9. The summed E-state index contributed by atoms with van der Waals surface area (Å²) in [4.78, 5) is 65.7. The molecule has 0 atom stereocenters. The Balaban J connectivity index is 1.16. The number of hydrogen-bond acceptors (Lipinski definition) is 6. The molecular weight excluding hydrogens is 628 g/mol. The molecule has 9 heterocycles. The van der Waals surface area contributed by atoms with Gasteiger partial charge in [0, 0.05) is 70.5 Å². The maximum absolute atomic E-state index is 13.6. The molecule has 2 saturated heterocycles. The van der Waals surface area contributed by atoms with Crippen LogP contribution in [0.2, 0.25) is 0 Å². The number of nitrogens with one attached hydrogen (secondary N) is 4. The Bertz CT molecular complexity index is 1990. The highest BCUT2D eigenvalue weighted by atomic mass is 16.2. The van der Waals surface area contributed by atoms with E-state index in [9.17, 15) is 19.2 Å². The van der Waals surface area contributed by atoms with Gasteiger partial charge in [-0.05, 0) is 68.9 Å². The highest BCUT2D eigenvalue weighted by molar-refractivity contribution is 6.38. The summed E-state index contributed by atoms with van der Waals surface area (Å²) in [6.07, 6.45) is 9.43. The number of H-pyrrole nitrogens is 2. The van der Waals surface area contributed by atoms with Gasteiger partial charge in [0.15, 0.2) is 0 Å². The van der Waals surface area contributed by atoms with Crippen molar-refractivity contribution in [3.63, 3.8) is 0 Å². The van der Waals surface area contributed by atoms with Crippen LogP contribution in [-0.2, 0) is 32.0 Å². The van der Waals surface area contributed by atoms with Crippen molar-refractivity contribution in [2.45, 2.75) is 64.2 Å². The number of fused-ring (bicyclic) bond motifs is 4. The molecule has 256 valence electrons. The fraction of sp³-hybridized carbons (Fsp3) is 0.400. The van der Waals surface area contributed by atoms with Crippen molar-refractivity contribution >= 4 is 56.6 Å². The van der Waals surface area contributed by atoms with E-state index in [4.69, 9.17) is 0 Å². The summed E-state index contributed by atoms with van der Waals surface area (Å²) in [6.45, 7) is 3.06. The number of aromatic amines is 2. The van der Waals surface area contributed by atoms with Crippen LogP contribution >= 0.6 is 0 Å². The average Bonchev–Trinajstić information content (AvgIpc) is 3.83. The topological polar surface area (TPSA) is 130 Å². The molecule has 0 spiro atoms. The minimum absolute atomic E-state index is 0.309. The smallest absolute Gasteiger partial charge is 0.275 e. The molecule has 10 heteroatoms. The third-order valence-corrected chi connectivity index (χ3v) is 11.8. The summed E-state index contributed by atoms with van der Waals surface area (Å²) in [5, 5.41) is 7.12. The molecule has 0 saturated carbocycles. The van der Waals surface area contributed by atoms with Crippen molar-refractivity contribution in [2.75, 3.05) is 26.2 Å². The van der Waals surface area contributed by atoms with Gasteiger partial charge < -0.3 is 19.8 Å². The SMILES string of the molecule is O=C1NC(=O)C2=C1c1c([nH]c3ccccc13)CCCc1[nH]c3ccccc3c1C1=C(C(=O)NC1=O)N1CCC(CCCC3CCN2CC3)CC1. The second-order valence-electron chi connectivity index (χ2n) is 14.7. The minimum atomic E-state index is -0.341. The van der Waals surface area contributed by atoms with E-state index in [0.717, 1.165) is 115 Å². The number of rotatable bonds is 0. The molecular formula is C40H42N6O4. The summed E-state index contributed by atoms with van der Waals surface area (Å²) in [7, 11) is 0. The first kappa shape index (κ1) is 30.9. The van der Waals surface area contributed by atoms with E-state index in [0.29, 0.717) is 53.6 Å². The monoisotopic (exact) mass is 670 g/mol. The fourth-order valence-corrected chi connectivity index (χ4v) is 9.33. The molecule has 50 heavy (non-hydrogen) atoms. The van der Waals surface area contributed by atoms with Crippen LogP contribution < -0.4 is 10.6 Å². The summed E-state index contributed by atoms with van der Waals surface area (Å²) in [5.74, 6) is -0.0983. The van der Waals surface area contributed by atoms with Gasteiger partial charge in [0.05, 0.1) is 11.1 Å². The van der Waals surface area contributed by atoms with Crippen molar-refractivity contribution in [3.8, 4) is 0 Å². The van der Waals surface area contributed by atoms with Gasteiger partial charge in [-0.2, -0.15) is 0 Å². The van der Waals surface area contributed by atoms with Crippen molar-refractivity contribution in [1.29, 1.82) is 0 Å². The van der Waals surface area contributed by atoms with Gasteiger partial charge in [-0.25, -0.2) is 0 Å². The van der Waals surface area contributed by atoms with E-state index in [2.05, 4.69) is 30.4 Å². The van der Waals surface area contributed by atoms with Crippen LogP contribution in [0, 0.1) is 11.8 Å². The number of para-hydroxylation sites is 2. The summed E-state index contributed by atoms with van der Waals surface area (Å²) >= 11 is 0. The number of aryl methyl sites for hydroxylation is 2. The van der Waals surface area contributed by atoms with E-state index in [-0.39, 0.29) is 23.6 Å². The number of aromatic nitrogens is 2. The summed E-state index contributed by atoms with van der Waals surface area (Å²) in [5.41, 5.74) is 7.21. The molecule has 7 aliphatic heterocycles. The van der Waals surface area contributed by atoms with Gasteiger partial charge >= 0.3 is 0 Å². The maximum atomic E-state index is 13.6. The normalized spacial score (nSPS) is 23.5. The first-order valence-electron chi connectivity index (χ1n) is 18.3. The predicted octanol–water partition coefficient (Wildman–Crippen LogP) is 5.17. The third kappa shape index (κ3) is 5.15. The van der Waals surface area contributed by atoms with Crippen molar-refractivity contribution < 1.29 is 19.2 Å². The second-order valence-corrected chi connectivity index (χ2v) is 14.7. The van der Waals surface area contributed by atoms with Gasteiger partial charge in [-0.1, -0.05) is 55.7 Å². The lowest BCUT2D eigenvalue weighted by molar-refractivity contribution is -0.126. The number of carbonyl (C=O) groups is 4. The Labute approximate surface area is 290 Å². The number of amides is 4. The van der Waals surface area contributed by atoms with E-state index >= 15 is 0 Å². The standard InChI is InChI=1S/C40H42N6O4/c47-37-33-31-25-9-1-3-11-27(25)41-29(31)13-6-14-30-32(26-10-2-4-12-28(26)42-30)34-36(40(50)44-38(34)48)46-21-17-24(18-22-46)8-5-7-23-15-19-45(20-16-23)35(33)39(49)43-37/h1-4,9-12,23-24,41-42H,5-8,13-22H2,(H,43,47,49)(H,44,48,50). The van der Waals surface area contributed by atoms with Crippen LogP contribution in [0.4, 0.5) is 0 Å². The maximum Gasteiger partial charge on any atom is 0.275 e. The lowest BCUT2D eigenvalue weighted by atomic mass is 9.86. The molecule has 0 unspecified atom stereocenters. The summed E-state index contributed by atoms with van der Waals surface area (Å²) < 4.78 is 0. The molecule has 4 N–H and O–H groups in total. The number of hydrogen-bond donors (Lipinski definition) is 4. The largest absolute Gasteiger partial charge is 0.366 e. The van der Waals surface area contributed by atoms with E-state index in [1.807, 2.05) is 48.5 Å². The van der Waals surface area contributed by atoms with Gasteiger partial charge in [-0.15, -0.1) is 0 Å². The Morgan fingerprint density at radius 2 is 0.920 bits per heavy atom. The first-order chi connectivity index (χ1) is 24.4. The van der Waals surface area contributed by atoms with Gasteiger partial charge in [0.2, 0.25) is 0 Å². The van der Waals surface area contributed by atoms with Crippen LogP contribution in [0.1, 0.15) is 73.9 Å². The van der Waals surface area contributed by atoms with Crippen LogP contribution in [0.15, 0.2) is 59.9 Å². The molecule has 0 aliphatic carbocycles. The Kier molecular flexibility index (Phi) is 7.62. The zero-order valence-corrected chi connectivity index (χ0v) is 28.2. The van der Waals surface area contributed by atoms with Crippen molar-refractivity contribution in [1.82, 2.24) is 30.4 Å². The van der Waals surface area contributed by atoms with Gasteiger partial charge in [0.1, 0.15) is 11.4 Å². The van der Waals surface area contributed by atoms with Crippen LogP contribution in [0.3, 0.4) is 0 Å². The fourth-order valence-electron chi connectivity index (χ4n) is 9.33.